The summed E-state index contributed by atoms with van der Waals surface area (Å²) in [5.41, 5.74) is 0. The third kappa shape index (κ3) is 37.2. The Morgan fingerprint density at radius 2 is 1.04 bits per heavy atom. The molecule has 0 saturated carbocycles. The molecule has 0 rings (SSSR count). The van der Waals surface area contributed by atoms with Gasteiger partial charge in [0.05, 0.1) is 25.2 Å². The molecule has 0 radical (unpaired) electrons. The van der Waals surface area contributed by atoms with Crippen LogP contribution in [0.1, 0.15) is 156 Å². The Kier molecular flexibility index (Phi) is 39.6. The number of carbonyl (C=O) groups is 2. The molecule has 0 aromatic carbocycles. The zero-order valence-corrected chi connectivity index (χ0v) is 35.5. The molecule has 0 aliphatic rings. The van der Waals surface area contributed by atoms with Crippen LogP contribution in [-0.2, 0) is 14.3 Å². The Morgan fingerprint density at radius 1 is 0.571 bits per heavy atom. The van der Waals surface area contributed by atoms with E-state index < -0.39 is 18.2 Å². The molecule has 0 bridgehead atoms. The van der Waals surface area contributed by atoms with Crippen molar-refractivity contribution < 1.29 is 24.5 Å². The number of amides is 1. The highest BCUT2D eigenvalue weighted by molar-refractivity contribution is 5.77. The maximum atomic E-state index is 13.1. The highest BCUT2D eigenvalue weighted by Gasteiger charge is 2.23. The van der Waals surface area contributed by atoms with Crippen LogP contribution in [0.15, 0.2) is 122 Å². The van der Waals surface area contributed by atoms with Crippen molar-refractivity contribution in [2.24, 2.45) is 0 Å². The molecule has 3 atom stereocenters. The Balaban J connectivity index is 4.89. The maximum absolute atomic E-state index is 13.1. The standard InChI is InChI=1S/C50H79NO5/c1-4-7-10-13-16-19-22-23-24-25-26-28-31-34-37-40-43-50(55)56-46(41-38-35-32-29-27-20-17-14-11-8-5-2)44-49(54)51-47(45-52)48(53)42-39-36-33-30-21-18-15-12-9-6-3/h7-8,10-11,14,16-17,19-20,23-24,26-29,32,34-35,37-38,46-48,52-53H,4-6,9,12-13,15,18,21-22,25,30-31,33,36,39-45H2,1-3H3,(H,51,54)/b10-7+,11-8+,17-14+,19-16+,24-23+,27-20-,28-26+,32-29-,37-34+,38-35+. The lowest BCUT2D eigenvalue weighted by molar-refractivity contribution is -0.150. The molecule has 1 amide bonds. The van der Waals surface area contributed by atoms with Gasteiger partial charge in [-0.25, -0.2) is 0 Å². The van der Waals surface area contributed by atoms with E-state index in [-0.39, 0.29) is 31.3 Å². The quantitative estimate of drug-likeness (QED) is 0.0255. The summed E-state index contributed by atoms with van der Waals surface area (Å²) in [5.74, 6) is -0.725. The number of carbonyl (C=O) groups excluding carboxylic acids is 2. The van der Waals surface area contributed by atoms with E-state index in [4.69, 9.17) is 4.74 Å². The molecule has 0 aromatic heterocycles. The Bertz CT molecular complexity index is 1230. The van der Waals surface area contributed by atoms with E-state index in [2.05, 4.69) is 80.8 Å². The lowest BCUT2D eigenvalue weighted by Crippen LogP contribution is -2.46. The van der Waals surface area contributed by atoms with Crippen molar-refractivity contribution in [3.63, 3.8) is 0 Å². The molecular weight excluding hydrogens is 695 g/mol. The third-order valence-electron chi connectivity index (χ3n) is 8.93. The monoisotopic (exact) mass is 774 g/mol. The minimum absolute atomic E-state index is 0.0566. The summed E-state index contributed by atoms with van der Waals surface area (Å²) < 4.78 is 5.76. The largest absolute Gasteiger partial charge is 0.461 e. The van der Waals surface area contributed by atoms with Gasteiger partial charge in [-0.1, -0.05) is 206 Å². The molecule has 3 N–H and O–H groups in total. The maximum Gasteiger partial charge on any atom is 0.306 e. The molecular formula is C50H79NO5. The van der Waals surface area contributed by atoms with Crippen molar-refractivity contribution >= 4 is 11.9 Å². The predicted molar refractivity (Wildman–Crippen MR) is 240 cm³/mol. The first-order valence-corrected chi connectivity index (χ1v) is 21.8. The van der Waals surface area contributed by atoms with Gasteiger partial charge in [0, 0.05) is 12.8 Å². The number of ether oxygens (including phenoxy) is 1. The molecule has 56 heavy (non-hydrogen) atoms. The number of unbranched alkanes of at least 4 members (excludes halogenated alkanes) is 9. The topological polar surface area (TPSA) is 95.9 Å². The van der Waals surface area contributed by atoms with Crippen LogP contribution in [0.25, 0.3) is 0 Å². The smallest absolute Gasteiger partial charge is 0.306 e. The number of rotatable bonds is 36. The first-order valence-electron chi connectivity index (χ1n) is 21.8. The number of hydrogen-bond donors (Lipinski definition) is 3. The van der Waals surface area contributed by atoms with Crippen LogP contribution in [-0.4, -0.2) is 46.9 Å². The van der Waals surface area contributed by atoms with Crippen LogP contribution in [0.3, 0.4) is 0 Å². The molecule has 0 aromatic rings. The van der Waals surface area contributed by atoms with Crippen molar-refractivity contribution in [3.8, 4) is 0 Å². The van der Waals surface area contributed by atoms with Crippen LogP contribution in [0.4, 0.5) is 0 Å². The Labute approximate surface area is 342 Å². The van der Waals surface area contributed by atoms with Gasteiger partial charge < -0.3 is 20.3 Å². The molecule has 0 fully saturated rings. The van der Waals surface area contributed by atoms with Gasteiger partial charge in [-0.2, -0.15) is 0 Å². The molecule has 0 heterocycles. The third-order valence-corrected chi connectivity index (χ3v) is 8.93. The van der Waals surface area contributed by atoms with Gasteiger partial charge in [-0.05, 0) is 51.4 Å². The fourth-order valence-electron chi connectivity index (χ4n) is 5.67. The second-order valence-corrected chi connectivity index (χ2v) is 14.1. The zero-order chi connectivity index (χ0) is 41.0. The van der Waals surface area contributed by atoms with E-state index in [1.807, 2.05) is 66.8 Å². The van der Waals surface area contributed by atoms with Crippen LogP contribution >= 0.6 is 0 Å². The summed E-state index contributed by atoms with van der Waals surface area (Å²) in [6.45, 7) is 6.11. The van der Waals surface area contributed by atoms with E-state index in [1.165, 1.54) is 44.9 Å². The molecule has 0 saturated heterocycles. The number of aliphatic hydroxyl groups is 2. The minimum atomic E-state index is -0.835. The molecule has 6 heteroatoms. The summed E-state index contributed by atoms with van der Waals surface area (Å²) in [6, 6.07) is -0.760. The first kappa shape index (κ1) is 52.3. The molecule has 3 unspecified atom stereocenters. The molecule has 6 nitrogen and oxygen atoms in total. The lowest BCUT2D eigenvalue weighted by atomic mass is 10.0. The van der Waals surface area contributed by atoms with E-state index in [1.54, 1.807) is 0 Å². The fraction of sp³-hybridized carbons (Fsp3) is 0.560. The van der Waals surface area contributed by atoms with Crippen molar-refractivity contribution in [2.45, 2.75) is 174 Å². The highest BCUT2D eigenvalue weighted by Crippen LogP contribution is 2.14. The van der Waals surface area contributed by atoms with Gasteiger partial charge in [0.2, 0.25) is 5.91 Å². The molecule has 314 valence electrons. The van der Waals surface area contributed by atoms with Gasteiger partial charge in [-0.15, -0.1) is 0 Å². The summed E-state index contributed by atoms with van der Waals surface area (Å²) in [7, 11) is 0. The van der Waals surface area contributed by atoms with Crippen LogP contribution in [0, 0.1) is 0 Å². The van der Waals surface area contributed by atoms with Crippen LogP contribution in [0.5, 0.6) is 0 Å². The van der Waals surface area contributed by atoms with Crippen molar-refractivity contribution in [1.82, 2.24) is 5.32 Å². The lowest BCUT2D eigenvalue weighted by Gasteiger charge is -2.24. The zero-order valence-electron chi connectivity index (χ0n) is 35.5. The normalized spacial score (nSPS) is 14.6. The number of allylic oxidation sites excluding steroid dienone is 19. The summed E-state index contributed by atoms with van der Waals surface area (Å²) in [5, 5.41) is 23.5. The van der Waals surface area contributed by atoms with Crippen molar-refractivity contribution in [3.05, 3.63) is 122 Å². The van der Waals surface area contributed by atoms with Gasteiger partial charge in [0.25, 0.3) is 0 Å². The number of hydrogen-bond acceptors (Lipinski definition) is 5. The SMILES string of the molecule is CC/C=C/C=C/C=C\C=C/C=C/CC(CC(=O)NC(CO)C(O)CCCCCCCCCCCC)OC(=O)CC/C=C/C/C=C/C/C=C/C/C=C/C/C=C/CC. The van der Waals surface area contributed by atoms with Gasteiger partial charge >= 0.3 is 5.97 Å². The number of nitrogens with one attached hydrogen (secondary N) is 1. The Morgan fingerprint density at radius 3 is 1.55 bits per heavy atom. The summed E-state index contributed by atoms with van der Waals surface area (Å²) in [6.07, 6.45) is 58.6. The second kappa shape index (κ2) is 42.4. The van der Waals surface area contributed by atoms with E-state index in [0.717, 1.165) is 57.8 Å². The first-order chi connectivity index (χ1) is 27.5. The average molecular weight is 774 g/mol. The van der Waals surface area contributed by atoms with Crippen molar-refractivity contribution in [1.29, 1.82) is 0 Å². The number of esters is 1. The molecule has 0 aliphatic heterocycles. The molecule has 0 aliphatic carbocycles. The number of aliphatic hydroxyl groups excluding tert-OH is 2. The fourth-order valence-corrected chi connectivity index (χ4v) is 5.67. The summed E-state index contributed by atoms with van der Waals surface area (Å²) in [4.78, 5) is 25.8. The summed E-state index contributed by atoms with van der Waals surface area (Å²) >= 11 is 0. The van der Waals surface area contributed by atoms with E-state index >= 15 is 0 Å². The minimum Gasteiger partial charge on any atom is -0.461 e. The van der Waals surface area contributed by atoms with Gasteiger partial charge in [0.1, 0.15) is 6.10 Å². The predicted octanol–water partition coefficient (Wildman–Crippen LogP) is 12.5. The van der Waals surface area contributed by atoms with E-state index in [9.17, 15) is 19.8 Å². The van der Waals surface area contributed by atoms with Gasteiger partial charge in [0.15, 0.2) is 0 Å². The molecule has 0 spiro atoms. The second-order valence-electron chi connectivity index (χ2n) is 14.1. The van der Waals surface area contributed by atoms with Crippen LogP contribution < -0.4 is 5.32 Å². The van der Waals surface area contributed by atoms with Gasteiger partial charge in [-0.3, -0.25) is 9.59 Å². The Hall–Kier alpha value is -3.74. The van der Waals surface area contributed by atoms with Crippen molar-refractivity contribution in [2.75, 3.05) is 6.61 Å². The van der Waals surface area contributed by atoms with E-state index in [0.29, 0.717) is 19.3 Å². The van der Waals surface area contributed by atoms with Crippen LogP contribution in [0.2, 0.25) is 0 Å². The highest BCUT2D eigenvalue weighted by atomic mass is 16.5. The average Bonchev–Trinajstić information content (AvgIpc) is 3.19.